The Bertz CT molecular complexity index is 641. The molecule has 5 heteroatoms. The Hall–Kier alpha value is -2.43. The van der Waals surface area contributed by atoms with E-state index in [0.717, 1.165) is 24.0 Å². The van der Waals surface area contributed by atoms with Crippen LogP contribution in [0.25, 0.3) is 0 Å². The van der Waals surface area contributed by atoms with Crippen molar-refractivity contribution in [2.45, 2.75) is 31.8 Å². The summed E-state index contributed by atoms with van der Waals surface area (Å²) in [5, 5.41) is 5.88. The monoisotopic (exact) mass is 313 g/mol. The summed E-state index contributed by atoms with van der Waals surface area (Å²) in [6.07, 6.45) is 6.78. The third-order valence-electron chi connectivity index (χ3n) is 4.31. The number of halogens is 1. The smallest absolute Gasteiger partial charge is 0.315 e. The predicted molar refractivity (Wildman–Crippen MR) is 86.1 cm³/mol. The van der Waals surface area contributed by atoms with Gasteiger partial charge in [0.25, 0.3) is 0 Å². The molecular weight excluding hydrogens is 293 g/mol. The van der Waals surface area contributed by atoms with Crippen LogP contribution in [0, 0.1) is 11.7 Å². The fourth-order valence-electron chi connectivity index (χ4n) is 2.79. The molecule has 0 spiro atoms. The number of carbonyl (C=O) groups is 1. The first-order valence-electron chi connectivity index (χ1n) is 7.91. The third kappa shape index (κ3) is 4.06. The molecule has 0 radical (unpaired) electrons. The second-order valence-electron chi connectivity index (χ2n) is 5.91. The number of rotatable bonds is 5. The number of hydrogen-bond donors (Lipinski definition) is 2. The van der Waals surface area contributed by atoms with Crippen molar-refractivity contribution in [2.24, 2.45) is 5.92 Å². The third-order valence-corrected chi connectivity index (χ3v) is 4.31. The molecule has 1 saturated carbocycles. The van der Waals surface area contributed by atoms with Gasteiger partial charge in [-0.1, -0.05) is 24.6 Å². The quantitative estimate of drug-likeness (QED) is 0.887. The molecule has 0 aliphatic heterocycles. The van der Waals surface area contributed by atoms with Crippen molar-refractivity contribution in [2.75, 3.05) is 0 Å². The summed E-state index contributed by atoms with van der Waals surface area (Å²) in [6, 6.07) is 9.85. The normalized spacial score (nSPS) is 15.5. The van der Waals surface area contributed by atoms with Gasteiger partial charge >= 0.3 is 6.03 Å². The molecule has 1 aliphatic carbocycles. The minimum absolute atomic E-state index is 0.0711. The van der Waals surface area contributed by atoms with Crippen LogP contribution in [0.15, 0.2) is 48.8 Å². The molecule has 1 fully saturated rings. The first-order valence-corrected chi connectivity index (χ1v) is 7.91. The molecule has 4 nitrogen and oxygen atoms in total. The number of aromatic nitrogens is 1. The van der Waals surface area contributed by atoms with Crippen LogP contribution in [-0.4, -0.2) is 11.0 Å². The average molecular weight is 313 g/mol. The summed E-state index contributed by atoms with van der Waals surface area (Å²) in [7, 11) is 0. The summed E-state index contributed by atoms with van der Waals surface area (Å²) in [4.78, 5) is 16.2. The van der Waals surface area contributed by atoms with E-state index in [-0.39, 0.29) is 17.9 Å². The van der Waals surface area contributed by atoms with E-state index in [1.807, 2.05) is 12.1 Å². The Labute approximate surface area is 135 Å². The van der Waals surface area contributed by atoms with Gasteiger partial charge in [-0.05, 0) is 48.1 Å². The van der Waals surface area contributed by atoms with E-state index < -0.39 is 0 Å². The molecule has 2 N–H and O–H groups in total. The minimum Gasteiger partial charge on any atom is -0.334 e. The maximum atomic E-state index is 13.1. The molecule has 1 heterocycles. The summed E-state index contributed by atoms with van der Waals surface area (Å²) < 4.78 is 13.1. The standard InChI is InChI=1S/C18H20FN3O/c19-16-8-6-15(7-9-16)17(14-4-1-5-14)22-18(23)21-12-13-3-2-10-20-11-13/h2-3,6-11,14,17H,1,4-5,12H2,(H2,21,22,23)/t17-/m0/s1. The molecule has 2 aromatic rings. The SMILES string of the molecule is O=C(NCc1cccnc1)N[C@H](c1ccc(F)cc1)C1CCC1. The molecule has 120 valence electrons. The number of nitrogens with zero attached hydrogens (tertiary/aromatic N) is 1. The lowest BCUT2D eigenvalue weighted by atomic mass is 9.77. The zero-order chi connectivity index (χ0) is 16.1. The number of nitrogens with one attached hydrogen (secondary N) is 2. The maximum Gasteiger partial charge on any atom is 0.315 e. The maximum absolute atomic E-state index is 13.1. The van der Waals surface area contributed by atoms with Gasteiger partial charge in [0.15, 0.2) is 0 Å². The number of urea groups is 1. The molecule has 0 unspecified atom stereocenters. The second-order valence-corrected chi connectivity index (χ2v) is 5.91. The Morgan fingerprint density at radius 3 is 2.65 bits per heavy atom. The Morgan fingerprint density at radius 2 is 2.04 bits per heavy atom. The van der Waals surface area contributed by atoms with Gasteiger partial charge in [-0.3, -0.25) is 4.98 Å². The summed E-state index contributed by atoms with van der Waals surface area (Å²) in [6.45, 7) is 0.431. The molecule has 23 heavy (non-hydrogen) atoms. The minimum atomic E-state index is -0.262. The van der Waals surface area contributed by atoms with Gasteiger partial charge in [0.1, 0.15) is 5.82 Å². The van der Waals surface area contributed by atoms with Crippen LogP contribution in [-0.2, 0) is 6.54 Å². The van der Waals surface area contributed by atoms with Gasteiger partial charge in [0, 0.05) is 18.9 Å². The fourth-order valence-corrected chi connectivity index (χ4v) is 2.79. The van der Waals surface area contributed by atoms with E-state index in [2.05, 4.69) is 15.6 Å². The highest BCUT2D eigenvalue weighted by molar-refractivity contribution is 5.74. The summed E-state index contributed by atoms with van der Waals surface area (Å²) in [5.74, 6) is 0.159. The van der Waals surface area contributed by atoms with Crippen molar-refractivity contribution >= 4 is 6.03 Å². The van der Waals surface area contributed by atoms with Gasteiger partial charge in [0.2, 0.25) is 0 Å². The van der Waals surface area contributed by atoms with Crippen LogP contribution in [0.5, 0.6) is 0 Å². The van der Waals surface area contributed by atoms with Crippen LogP contribution in [0.1, 0.15) is 36.4 Å². The predicted octanol–water partition coefficient (Wildman–Crippen LogP) is 3.56. The molecule has 1 aromatic heterocycles. The van der Waals surface area contributed by atoms with E-state index in [0.29, 0.717) is 12.5 Å². The molecule has 1 aliphatic rings. The topological polar surface area (TPSA) is 54.0 Å². The molecule has 0 saturated heterocycles. The zero-order valence-corrected chi connectivity index (χ0v) is 12.8. The number of benzene rings is 1. The van der Waals surface area contributed by atoms with Crippen molar-refractivity contribution in [1.82, 2.24) is 15.6 Å². The van der Waals surface area contributed by atoms with Crippen LogP contribution in [0.3, 0.4) is 0 Å². The van der Waals surface area contributed by atoms with Gasteiger partial charge < -0.3 is 10.6 Å². The summed E-state index contributed by atoms with van der Waals surface area (Å²) in [5.41, 5.74) is 1.90. The molecule has 2 amide bonds. The van der Waals surface area contributed by atoms with E-state index >= 15 is 0 Å². The number of pyridine rings is 1. The van der Waals surface area contributed by atoms with Crippen molar-refractivity contribution in [1.29, 1.82) is 0 Å². The lowest BCUT2D eigenvalue weighted by Crippen LogP contribution is -2.41. The van der Waals surface area contributed by atoms with E-state index in [1.54, 1.807) is 24.5 Å². The highest BCUT2D eigenvalue weighted by Gasteiger charge is 2.29. The highest BCUT2D eigenvalue weighted by Crippen LogP contribution is 2.37. The van der Waals surface area contributed by atoms with E-state index in [4.69, 9.17) is 0 Å². The Balaban J connectivity index is 1.61. The van der Waals surface area contributed by atoms with Gasteiger partial charge in [-0.2, -0.15) is 0 Å². The lowest BCUT2D eigenvalue weighted by Gasteiger charge is -2.34. The van der Waals surface area contributed by atoms with Gasteiger partial charge in [-0.15, -0.1) is 0 Å². The summed E-state index contributed by atoms with van der Waals surface area (Å²) >= 11 is 0. The Kier molecular flexibility index (Phi) is 4.86. The fraction of sp³-hybridized carbons (Fsp3) is 0.333. The number of carbonyl (C=O) groups excluding carboxylic acids is 1. The largest absolute Gasteiger partial charge is 0.334 e. The van der Waals surface area contributed by atoms with Crippen molar-refractivity contribution in [3.8, 4) is 0 Å². The number of hydrogen-bond acceptors (Lipinski definition) is 2. The van der Waals surface area contributed by atoms with Crippen LogP contribution >= 0.6 is 0 Å². The molecule has 3 rings (SSSR count). The first-order chi connectivity index (χ1) is 11.2. The lowest BCUT2D eigenvalue weighted by molar-refractivity contribution is 0.207. The van der Waals surface area contributed by atoms with Crippen LogP contribution < -0.4 is 10.6 Å². The Morgan fingerprint density at radius 1 is 1.26 bits per heavy atom. The molecule has 0 bridgehead atoms. The van der Waals surface area contributed by atoms with E-state index in [1.165, 1.54) is 18.6 Å². The first kappa shape index (κ1) is 15.5. The number of amides is 2. The molecule has 1 aromatic carbocycles. The zero-order valence-electron chi connectivity index (χ0n) is 12.8. The van der Waals surface area contributed by atoms with Crippen LogP contribution in [0.4, 0.5) is 9.18 Å². The van der Waals surface area contributed by atoms with E-state index in [9.17, 15) is 9.18 Å². The molecule has 1 atom stereocenters. The van der Waals surface area contributed by atoms with Crippen molar-refractivity contribution < 1.29 is 9.18 Å². The second kappa shape index (κ2) is 7.22. The van der Waals surface area contributed by atoms with Gasteiger partial charge in [-0.25, -0.2) is 9.18 Å². The average Bonchev–Trinajstić information content (AvgIpc) is 2.52. The highest BCUT2D eigenvalue weighted by atomic mass is 19.1. The van der Waals surface area contributed by atoms with Gasteiger partial charge in [0.05, 0.1) is 6.04 Å². The van der Waals surface area contributed by atoms with Crippen LogP contribution in [0.2, 0.25) is 0 Å². The van der Waals surface area contributed by atoms with Crippen molar-refractivity contribution in [3.05, 3.63) is 65.7 Å². The van der Waals surface area contributed by atoms with Crippen molar-refractivity contribution in [3.63, 3.8) is 0 Å². The molecular formula is C18H20FN3O.